The van der Waals surface area contributed by atoms with Gasteiger partial charge in [-0.25, -0.2) is 4.79 Å². The number of hydrogen-bond acceptors (Lipinski definition) is 3. The van der Waals surface area contributed by atoms with Crippen LogP contribution in [0.25, 0.3) is 11.1 Å². The molecule has 1 saturated carbocycles. The van der Waals surface area contributed by atoms with Crippen molar-refractivity contribution in [2.75, 3.05) is 0 Å². The van der Waals surface area contributed by atoms with Crippen LogP contribution in [0.5, 0.6) is 0 Å². The van der Waals surface area contributed by atoms with E-state index >= 15 is 0 Å². The summed E-state index contributed by atoms with van der Waals surface area (Å²) in [5, 5.41) is 2.92. The Kier molecular flexibility index (Phi) is 5.20. The molecule has 0 radical (unpaired) electrons. The minimum atomic E-state index is -0.955. The number of nitrogens with one attached hydrogen (secondary N) is 1. The molecule has 0 saturated heterocycles. The van der Waals surface area contributed by atoms with Crippen LogP contribution in [0.15, 0.2) is 84.9 Å². The van der Waals surface area contributed by atoms with Crippen LogP contribution in [0.4, 0.5) is 0 Å². The second-order valence-electron chi connectivity index (χ2n) is 6.92. The zero-order valence-corrected chi connectivity index (χ0v) is 15.4. The van der Waals surface area contributed by atoms with E-state index in [4.69, 9.17) is 4.74 Å². The third-order valence-corrected chi connectivity index (χ3v) is 4.72. The Morgan fingerprint density at radius 3 is 1.96 bits per heavy atom. The lowest BCUT2D eigenvalue weighted by Crippen LogP contribution is -2.33. The molecule has 1 aliphatic rings. The highest BCUT2D eigenvalue weighted by Gasteiger charge is 2.31. The molecule has 1 amide bonds. The topological polar surface area (TPSA) is 55.4 Å². The second-order valence-corrected chi connectivity index (χ2v) is 6.92. The minimum Gasteiger partial charge on any atom is -0.444 e. The minimum absolute atomic E-state index is 0.197. The molecule has 0 aromatic heterocycles. The largest absolute Gasteiger partial charge is 0.444 e. The van der Waals surface area contributed by atoms with E-state index in [1.54, 1.807) is 24.3 Å². The van der Waals surface area contributed by atoms with Crippen molar-refractivity contribution in [3.63, 3.8) is 0 Å². The molecule has 0 aliphatic heterocycles. The number of ether oxygens (including phenoxy) is 1. The fourth-order valence-electron chi connectivity index (χ4n) is 3.01. The van der Waals surface area contributed by atoms with E-state index in [0.29, 0.717) is 11.1 Å². The summed E-state index contributed by atoms with van der Waals surface area (Å²) in [6.07, 6.45) is 0.993. The van der Waals surface area contributed by atoms with Gasteiger partial charge in [0.1, 0.15) is 0 Å². The number of benzene rings is 3. The van der Waals surface area contributed by atoms with E-state index in [2.05, 4.69) is 5.32 Å². The average Bonchev–Trinajstić information content (AvgIpc) is 3.57. The molecule has 0 spiro atoms. The van der Waals surface area contributed by atoms with E-state index in [-0.39, 0.29) is 11.9 Å². The lowest BCUT2D eigenvalue weighted by atomic mass is 10.0. The third-order valence-electron chi connectivity index (χ3n) is 4.72. The van der Waals surface area contributed by atoms with E-state index in [0.717, 1.165) is 24.0 Å². The van der Waals surface area contributed by atoms with Gasteiger partial charge in [0, 0.05) is 11.6 Å². The van der Waals surface area contributed by atoms with Crippen LogP contribution < -0.4 is 5.32 Å². The standard InChI is InChI=1S/C24H21NO3/c26-23(25-21-15-16-21)22(19-9-5-2-6-10-19)28-24(27)20-13-11-18(12-14-20)17-7-3-1-4-8-17/h1-14,21-22H,15-16H2,(H,25,26)/t22-/m1/s1. The van der Waals surface area contributed by atoms with Crippen molar-refractivity contribution in [2.45, 2.75) is 25.0 Å². The first-order valence-corrected chi connectivity index (χ1v) is 9.42. The van der Waals surface area contributed by atoms with Crippen LogP contribution in [0.2, 0.25) is 0 Å². The molecule has 0 bridgehead atoms. The van der Waals surface area contributed by atoms with Crippen molar-refractivity contribution in [1.29, 1.82) is 0 Å². The molecule has 0 heterocycles. The number of hydrogen-bond donors (Lipinski definition) is 1. The summed E-state index contributed by atoms with van der Waals surface area (Å²) in [6.45, 7) is 0. The summed E-state index contributed by atoms with van der Waals surface area (Å²) in [4.78, 5) is 25.3. The Morgan fingerprint density at radius 1 is 0.786 bits per heavy atom. The lowest BCUT2D eigenvalue weighted by Gasteiger charge is -2.18. The number of rotatable bonds is 6. The van der Waals surface area contributed by atoms with Gasteiger partial charge in [0.05, 0.1) is 5.56 Å². The summed E-state index contributed by atoms with van der Waals surface area (Å²) >= 11 is 0. The Hall–Kier alpha value is -3.40. The monoisotopic (exact) mass is 371 g/mol. The lowest BCUT2D eigenvalue weighted by molar-refractivity contribution is -0.130. The van der Waals surface area contributed by atoms with Crippen LogP contribution in [0, 0.1) is 0 Å². The van der Waals surface area contributed by atoms with Gasteiger partial charge in [-0.15, -0.1) is 0 Å². The molecular formula is C24H21NO3. The predicted octanol–water partition coefficient (Wildman–Crippen LogP) is 4.53. The van der Waals surface area contributed by atoms with Gasteiger partial charge in [-0.3, -0.25) is 4.79 Å². The first kappa shape index (κ1) is 18.0. The molecule has 1 N–H and O–H groups in total. The normalized spacial score (nSPS) is 14.1. The Morgan fingerprint density at radius 2 is 1.36 bits per heavy atom. The van der Waals surface area contributed by atoms with Crippen molar-refractivity contribution >= 4 is 11.9 Å². The van der Waals surface area contributed by atoms with Crippen molar-refractivity contribution in [1.82, 2.24) is 5.32 Å². The molecule has 140 valence electrons. The smallest absolute Gasteiger partial charge is 0.339 e. The quantitative estimate of drug-likeness (QED) is 0.648. The Labute approximate surface area is 164 Å². The predicted molar refractivity (Wildman–Crippen MR) is 108 cm³/mol. The highest BCUT2D eigenvalue weighted by molar-refractivity contribution is 5.93. The molecule has 4 heteroatoms. The van der Waals surface area contributed by atoms with Crippen molar-refractivity contribution in [3.05, 3.63) is 96.1 Å². The summed E-state index contributed by atoms with van der Waals surface area (Å²) in [5.41, 5.74) is 3.17. The zero-order chi connectivity index (χ0) is 19.3. The molecule has 1 fully saturated rings. The molecule has 4 rings (SSSR count). The van der Waals surface area contributed by atoms with Crippen LogP contribution in [0.3, 0.4) is 0 Å². The number of amides is 1. The second kappa shape index (κ2) is 8.09. The summed E-state index contributed by atoms with van der Waals surface area (Å²) in [7, 11) is 0. The maximum absolute atomic E-state index is 12.7. The fraction of sp³-hybridized carbons (Fsp3) is 0.167. The Balaban J connectivity index is 1.51. The molecular weight excluding hydrogens is 350 g/mol. The van der Waals surface area contributed by atoms with Crippen LogP contribution in [0.1, 0.15) is 34.9 Å². The van der Waals surface area contributed by atoms with Gasteiger partial charge in [-0.2, -0.15) is 0 Å². The van der Waals surface area contributed by atoms with Gasteiger partial charge in [-0.1, -0.05) is 72.8 Å². The highest BCUT2D eigenvalue weighted by atomic mass is 16.5. The molecule has 4 nitrogen and oxygen atoms in total. The van der Waals surface area contributed by atoms with E-state index in [9.17, 15) is 9.59 Å². The summed E-state index contributed by atoms with van der Waals surface area (Å²) < 4.78 is 5.61. The van der Waals surface area contributed by atoms with Crippen LogP contribution in [-0.2, 0) is 9.53 Å². The maximum atomic E-state index is 12.7. The first-order valence-electron chi connectivity index (χ1n) is 9.42. The fourth-order valence-corrected chi connectivity index (χ4v) is 3.01. The van der Waals surface area contributed by atoms with Gasteiger partial charge in [0.2, 0.25) is 6.10 Å². The summed E-state index contributed by atoms with van der Waals surface area (Å²) in [6, 6.07) is 26.5. The van der Waals surface area contributed by atoms with Crippen molar-refractivity contribution in [3.8, 4) is 11.1 Å². The van der Waals surface area contributed by atoms with Gasteiger partial charge in [0.25, 0.3) is 5.91 Å². The van der Waals surface area contributed by atoms with E-state index in [1.807, 2.05) is 60.7 Å². The van der Waals surface area contributed by atoms with Gasteiger partial charge in [0.15, 0.2) is 0 Å². The van der Waals surface area contributed by atoms with E-state index < -0.39 is 12.1 Å². The number of esters is 1. The first-order chi connectivity index (χ1) is 13.7. The molecule has 1 atom stereocenters. The number of carbonyl (C=O) groups is 2. The molecule has 0 unspecified atom stereocenters. The average molecular weight is 371 g/mol. The highest BCUT2D eigenvalue weighted by Crippen LogP contribution is 2.25. The Bertz CT molecular complexity index is 948. The summed E-state index contributed by atoms with van der Waals surface area (Å²) in [5.74, 6) is -0.789. The van der Waals surface area contributed by atoms with Crippen LogP contribution in [-0.4, -0.2) is 17.9 Å². The maximum Gasteiger partial charge on any atom is 0.339 e. The van der Waals surface area contributed by atoms with Crippen molar-refractivity contribution in [2.24, 2.45) is 0 Å². The molecule has 3 aromatic rings. The van der Waals surface area contributed by atoms with Gasteiger partial charge < -0.3 is 10.1 Å². The molecule has 1 aliphatic carbocycles. The van der Waals surface area contributed by atoms with Gasteiger partial charge in [-0.05, 0) is 36.1 Å². The SMILES string of the molecule is O=C(O[C@@H](C(=O)NC1CC1)c1ccccc1)c1ccc(-c2ccccc2)cc1. The van der Waals surface area contributed by atoms with E-state index in [1.165, 1.54) is 0 Å². The van der Waals surface area contributed by atoms with Crippen LogP contribution >= 0.6 is 0 Å². The zero-order valence-electron chi connectivity index (χ0n) is 15.4. The molecule has 3 aromatic carbocycles. The third kappa shape index (κ3) is 4.29. The number of carbonyl (C=O) groups excluding carboxylic acids is 2. The van der Waals surface area contributed by atoms with Crippen molar-refractivity contribution < 1.29 is 14.3 Å². The van der Waals surface area contributed by atoms with Gasteiger partial charge >= 0.3 is 5.97 Å². The molecule has 28 heavy (non-hydrogen) atoms.